The first-order valence-electron chi connectivity index (χ1n) is 5.72. The van der Waals surface area contributed by atoms with Crippen molar-refractivity contribution in [2.45, 2.75) is 13.8 Å². The first-order valence-corrected chi connectivity index (χ1v) is 5.72. The molecular weight excluding hydrogens is 234 g/mol. The molecule has 0 spiro atoms. The van der Waals surface area contributed by atoms with E-state index in [1.165, 1.54) is 0 Å². The second-order valence-electron chi connectivity index (χ2n) is 4.29. The minimum atomic E-state index is -1.08. The lowest BCUT2D eigenvalue weighted by Gasteiger charge is -2.20. The summed E-state index contributed by atoms with van der Waals surface area (Å²) >= 11 is 0. The van der Waals surface area contributed by atoms with Gasteiger partial charge in [-0.1, -0.05) is 32.0 Å². The number of benzene rings is 1. The second kappa shape index (κ2) is 6.64. The molecule has 0 aliphatic heterocycles. The van der Waals surface area contributed by atoms with Crippen molar-refractivity contribution in [2.24, 2.45) is 5.92 Å². The Balaban J connectivity index is 2.78. The summed E-state index contributed by atoms with van der Waals surface area (Å²) in [6.45, 7) is 3.68. The molecule has 5 heteroatoms. The van der Waals surface area contributed by atoms with Crippen molar-refractivity contribution < 1.29 is 19.4 Å². The maximum absolute atomic E-state index is 11.8. The highest BCUT2D eigenvalue weighted by Gasteiger charge is 2.20. The molecule has 0 saturated carbocycles. The fourth-order valence-corrected chi connectivity index (χ4v) is 1.32. The molecule has 98 valence electrons. The van der Waals surface area contributed by atoms with E-state index in [2.05, 4.69) is 0 Å². The van der Waals surface area contributed by atoms with E-state index in [1.54, 1.807) is 30.3 Å². The van der Waals surface area contributed by atoms with E-state index < -0.39 is 18.6 Å². The van der Waals surface area contributed by atoms with Crippen LogP contribution < -0.4 is 4.90 Å². The molecule has 1 aromatic rings. The monoisotopic (exact) mass is 251 g/mol. The van der Waals surface area contributed by atoms with Crippen LogP contribution in [0.5, 0.6) is 0 Å². The van der Waals surface area contributed by atoms with Gasteiger partial charge in [-0.05, 0) is 18.1 Å². The third-order valence-corrected chi connectivity index (χ3v) is 2.12. The van der Waals surface area contributed by atoms with Crippen LogP contribution in [0.4, 0.5) is 10.5 Å². The molecule has 1 aromatic carbocycles. The number of carboxylic acids is 1. The highest BCUT2D eigenvalue weighted by Crippen LogP contribution is 2.14. The summed E-state index contributed by atoms with van der Waals surface area (Å²) in [6, 6.07) is 8.60. The fourth-order valence-electron chi connectivity index (χ4n) is 1.32. The molecular formula is C13H17NO4. The average Bonchev–Trinajstić information content (AvgIpc) is 2.34. The lowest BCUT2D eigenvalue weighted by atomic mass is 10.2. The maximum atomic E-state index is 11.8. The number of hydrogen-bond donors (Lipinski definition) is 1. The van der Waals surface area contributed by atoms with E-state index >= 15 is 0 Å². The lowest BCUT2D eigenvalue weighted by Crippen LogP contribution is -2.36. The summed E-state index contributed by atoms with van der Waals surface area (Å²) in [4.78, 5) is 23.7. The molecule has 0 aromatic heterocycles. The number of amides is 1. The van der Waals surface area contributed by atoms with Crippen LogP contribution in [0.2, 0.25) is 0 Å². The summed E-state index contributed by atoms with van der Waals surface area (Å²) in [5.41, 5.74) is 0.508. The topological polar surface area (TPSA) is 66.8 Å². The third-order valence-electron chi connectivity index (χ3n) is 2.12. The number of rotatable bonds is 5. The molecule has 5 nitrogen and oxygen atoms in total. The van der Waals surface area contributed by atoms with Gasteiger partial charge in [0.1, 0.15) is 6.54 Å². The normalized spacial score (nSPS) is 10.2. The number of aliphatic carboxylic acids is 1. The second-order valence-corrected chi connectivity index (χ2v) is 4.29. The number of carbonyl (C=O) groups is 2. The lowest BCUT2D eigenvalue weighted by molar-refractivity contribution is -0.135. The Hall–Kier alpha value is -2.04. The van der Waals surface area contributed by atoms with Crippen molar-refractivity contribution in [3.05, 3.63) is 30.3 Å². The quantitative estimate of drug-likeness (QED) is 0.872. The van der Waals surface area contributed by atoms with Gasteiger partial charge in [0, 0.05) is 5.69 Å². The minimum Gasteiger partial charge on any atom is -0.480 e. The van der Waals surface area contributed by atoms with Gasteiger partial charge in [-0.2, -0.15) is 0 Å². The summed E-state index contributed by atoms with van der Waals surface area (Å²) in [5.74, 6) is -0.878. The third kappa shape index (κ3) is 4.45. The van der Waals surface area contributed by atoms with Crippen LogP contribution in [-0.4, -0.2) is 30.3 Å². The molecule has 0 heterocycles. The number of anilines is 1. The fraction of sp³-hybridized carbons (Fsp3) is 0.385. The molecule has 0 radical (unpaired) electrons. The molecule has 1 N–H and O–H groups in total. The van der Waals surface area contributed by atoms with E-state index in [1.807, 2.05) is 13.8 Å². The van der Waals surface area contributed by atoms with Gasteiger partial charge in [-0.15, -0.1) is 0 Å². The summed E-state index contributed by atoms with van der Waals surface area (Å²) in [5, 5.41) is 8.82. The zero-order valence-electron chi connectivity index (χ0n) is 10.5. The zero-order chi connectivity index (χ0) is 13.5. The predicted molar refractivity (Wildman–Crippen MR) is 67.6 cm³/mol. The van der Waals surface area contributed by atoms with Crippen LogP contribution in [0.3, 0.4) is 0 Å². The van der Waals surface area contributed by atoms with Crippen molar-refractivity contribution in [3.63, 3.8) is 0 Å². The molecule has 18 heavy (non-hydrogen) atoms. The summed E-state index contributed by atoms with van der Waals surface area (Å²) < 4.78 is 5.04. The Morgan fingerprint density at radius 2 is 1.89 bits per heavy atom. The standard InChI is InChI=1S/C13H17NO4/c1-10(2)9-18-13(17)14(8-12(15)16)11-6-4-3-5-7-11/h3-7,10H,8-9H2,1-2H3,(H,15,16). The van der Waals surface area contributed by atoms with Gasteiger partial charge < -0.3 is 9.84 Å². The first-order chi connectivity index (χ1) is 8.50. The highest BCUT2D eigenvalue weighted by atomic mass is 16.6. The number of carbonyl (C=O) groups excluding carboxylic acids is 1. The smallest absolute Gasteiger partial charge is 0.414 e. The highest BCUT2D eigenvalue weighted by molar-refractivity contribution is 5.92. The number of nitrogens with zero attached hydrogens (tertiary/aromatic N) is 1. The van der Waals surface area contributed by atoms with Crippen LogP contribution in [0, 0.1) is 5.92 Å². The van der Waals surface area contributed by atoms with Crippen LogP contribution in [0.25, 0.3) is 0 Å². The number of carboxylic acid groups (broad SMARTS) is 1. The van der Waals surface area contributed by atoms with Gasteiger partial charge in [0.05, 0.1) is 6.61 Å². The number of para-hydroxylation sites is 1. The van der Waals surface area contributed by atoms with Crippen LogP contribution in [0.15, 0.2) is 30.3 Å². The number of ether oxygens (including phenoxy) is 1. The predicted octanol–water partition coefficient (Wildman–Crippen LogP) is 2.37. The Kier molecular flexibility index (Phi) is 5.17. The van der Waals surface area contributed by atoms with Gasteiger partial charge >= 0.3 is 12.1 Å². The van der Waals surface area contributed by atoms with E-state index in [-0.39, 0.29) is 12.5 Å². The van der Waals surface area contributed by atoms with E-state index in [9.17, 15) is 9.59 Å². The Labute approximate surface area is 106 Å². The molecule has 1 rings (SSSR count). The molecule has 0 bridgehead atoms. The van der Waals surface area contributed by atoms with Crippen molar-refractivity contribution >= 4 is 17.7 Å². The molecule has 1 amide bonds. The first kappa shape index (κ1) is 14.0. The molecule has 0 unspecified atom stereocenters. The molecule has 0 atom stereocenters. The maximum Gasteiger partial charge on any atom is 0.414 e. The minimum absolute atomic E-state index is 0.205. The van der Waals surface area contributed by atoms with Crippen LogP contribution in [0.1, 0.15) is 13.8 Å². The molecule has 0 fully saturated rings. The Bertz CT molecular complexity index is 403. The molecule has 0 aliphatic carbocycles. The van der Waals surface area contributed by atoms with E-state index in [4.69, 9.17) is 9.84 Å². The van der Waals surface area contributed by atoms with E-state index in [0.29, 0.717) is 5.69 Å². The average molecular weight is 251 g/mol. The van der Waals surface area contributed by atoms with E-state index in [0.717, 1.165) is 4.90 Å². The van der Waals surface area contributed by atoms with Crippen molar-refractivity contribution in [2.75, 3.05) is 18.1 Å². The SMILES string of the molecule is CC(C)COC(=O)N(CC(=O)O)c1ccccc1. The molecule has 0 aliphatic rings. The molecule has 0 saturated heterocycles. The van der Waals surface area contributed by atoms with Crippen LogP contribution >= 0.6 is 0 Å². The zero-order valence-corrected chi connectivity index (χ0v) is 10.5. The van der Waals surface area contributed by atoms with Crippen molar-refractivity contribution in [1.82, 2.24) is 0 Å². The largest absolute Gasteiger partial charge is 0.480 e. The van der Waals surface area contributed by atoms with Gasteiger partial charge in [0.15, 0.2) is 0 Å². The summed E-state index contributed by atoms with van der Waals surface area (Å²) in [6.07, 6.45) is -0.641. The van der Waals surface area contributed by atoms with Gasteiger partial charge in [0.2, 0.25) is 0 Å². The van der Waals surface area contributed by atoms with Gasteiger partial charge in [-0.3, -0.25) is 9.69 Å². The Morgan fingerprint density at radius 3 is 2.39 bits per heavy atom. The van der Waals surface area contributed by atoms with Gasteiger partial charge in [0.25, 0.3) is 0 Å². The van der Waals surface area contributed by atoms with Crippen molar-refractivity contribution in [1.29, 1.82) is 0 Å². The van der Waals surface area contributed by atoms with Gasteiger partial charge in [-0.25, -0.2) is 4.79 Å². The Morgan fingerprint density at radius 1 is 1.28 bits per heavy atom. The van der Waals surface area contributed by atoms with Crippen molar-refractivity contribution in [3.8, 4) is 0 Å². The summed E-state index contributed by atoms with van der Waals surface area (Å²) in [7, 11) is 0. The van der Waals surface area contributed by atoms with Crippen LogP contribution in [-0.2, 0) is 9.53 Å². The number of hydrogen-bond acceptors (Lipinski definition) is 3.